The first-order valence-corrected chi connectivity index (χ1v) is 4.06. The van der Waals surface area contributed by atoms with Crippen LogP contribution in [0.4, 0.5) is 0 Å². The number of hydrogen-bond donors (Lipinski definition) is 1. The maximum atomic E-state index is 5.00. The molecule has 0 radical (unpaired) electrons. The largest absolute Gasteiger partial charge is 0.306 e. The molecule has 60 valence electrons. The second-order valence-electron chi connectivity index (χ2n) is 1.73. The van der Waals surface area contributed by atoms with E-state index in [9.17, 15) is 0 Å². The first-order valence-electron chi connectivity index (χ1n) is 4.06. The lowest BCUT2D eigenvalue weighted by Gasteiger charge is -1.94. The van der Waals surface area contributed by atoms with Gasteiger partial charge in [0.25, 0.3) is 0 Å². The van der Waals surface area contributed by atoms with Crippen LogP contribution in [0, 0.1) is 12.3 Å². The van der Waals surface area contributed by atoms with Gasteiger partial charge < -0.3 is 5.32 Å². The number of nitrogens with one attached hydrogen (secondary N) is 1. The quantitative estimate of drug-likeness (QED) is 0.466. The Hall–Kier alpha value is -0.480. The van der Waals surface area contributed by atoms with Crippen molar-refractivity contribution in [2.24, 2.45) is 0 Å². The standard InChI is InChI=1S/C7H13N.C2H6/c1-3-5-7-8-6-4-2;1-2/h2,8H,3,5-7H2,1H3;1-2H3. The lowest BCUT2D eigenvalue weighted by molar-refractivity contribution is 0.687. The molecule has 1 heteroatoms. The van der Waals surface area contributed by atoms with Gasteiger partial charge in [0.2, 0.25) is 0 Å². The Morgan fingerprint density at radius 3 is 2.40 bits per heavy atom. The van der Waals surface area contributed by atoms with Crippen LogP contribution in [0.3, 0.4) is 0 Å². The molecule has 0 aromatic rings. The number of hydrogen-bond acceptors (Lipinski definition) is 1. The van der Waals surface area contributed by atoms with Crippen molar-refractivity contribution in [3.05, 3.63) is 0 Å². The topological polar surface area (TPSA) is 12.0 Å². The molecule has 0 aliphatic heterocycles. The molecule has 1 N–H and O–H groups in total. The molecule has 0 heterocycles. The predicted molar refractivity (Wildman–Crippen MR) is 48.0 cm³/mol. The Balaban J connectivity index is 0. The summed E-state index contributed by atoms with van der Waals surface area (Å²) in [5, 5.41) is 3.10. The molecule has 0 saturated heterocycles. The zero-order valence-corrected chi connectivity index (χ0v) is 7.41. The molecule has 0 aliphatic carbocycles. The number of rotatable bonds is 4. The SMILES string of the molecule is C#CCNCCCC.CC. The molecule has 0 unspecified atom stereocenters. The average Bonchev–Trinajstić information content (AvgIpc) is 2.02. The van der Waals surface area contributed by atoms with Gasteiger partial charge in [-0.15, -0.1) is 6.42 Å². The van der Waals surface area contributed by atoms with Crippen LogP contribution in [-0.2, 0) is 0 Å². The highest BCUT2D eigenvalue weighted by Gasteiger charge is 1.78. The van der Waals surface area contributed by atoms with Gasteiger partial charge >= 0.3 is 0 Å². The summed E-state index contributed by atoms with van der Waals surface area (Å²) >= 11 is 0. The fourth-order valence-electron chi connectivity index (χ4n) is 0.462. The van der Waals surface area contributed by atoms with Crippen LogP contribution in [0.25, 0.3) is 0 Å². The Kier molecular flexibility index (Phi) is 19.3. The normalized spacial score (nSPS) is 7.40. The van der Waals surface area contributed by atoms with Crippen molar-refractivity contribution >= 4 is 0 Å². The van der Waals surface area contributed by atoms with Gasteiger partial charge in [-0.25, -0.2) is 0 Å². The summed E-state index contributed by atoms with van der Waals surface area (Å²) in [5.74, 6) is 2.52. The Labute approximate surface area is 65.2 Å². The molecule has 0 fully saturated rings. The molecule has 0 saturated carbocycles. The molecule has 0 aromatic heterocycles. The molecular weight excluding hydrogens is 122 g/mol. The molecule has 1 nitrogen and oxygen atoms in total. The van der Waals surface area contributed by atoms with Gasteiger partial charge in [0.05, 0.1) is 6.54 Å². The molecule has 10 heavy (non-hydrogen) atoms. The molecule has 0 bridgehead atoms. The minimum atomic E-state index is 0.708. The fourth-order valence-corrected chi connectivity index (χ4v) is 0.462. The monoisotopic (exact) mass is 141 g/mol. The maximum absolute atomic E-state index is 5.00. The van der Waals surface area contributed by atoms with E-state index in [1.54, 1.807) is 0 Å². The van der Waals surface area contributed by atoms with E-state index in [0.29, 0.717) is 6.54 Å². The summed E-state index contributed by atoms with van der Waals surface area (Å²) in [7, 11) is 0. The minimum Gasteiger partial charge on any atom is -0.306 e. The molecule has 0 amide bonds. The van der Waals surface area contributed by atoms with E-state index in [0.717, 1.165) is 6.54 Å². The highest BCUT2D eigenvalue weighted by Crippen LogP contribution is 1.80. The Bertz CT molecular complexity index is 71.3. The van der Waals surface area contributed by atoms with Crippen LogP contribution in [0.2, 0.25) is 0 Å². The summed E-state index contributed by atoms with van der Waals surface area (Å²) in [6.45, 7) is 7.93. The van der Waals surface area contributed by atoms with Crippen molar-refractivity contribution in [1.29, 1.82) is 0 Å². The fraction of sp³-hybridized carbons (Fsp3) is 0.778. The summed E-state index contributed by atoms with van der Waals surface area (Å²) in [5.41, 5.74) is 0. The van der Waals surface area contributed by atoms with E-state index in [-0.39, 0.29) is 0 Å². The van der Waals surface area contributed by atoms with Crippen LogP contribution >= 0.6 is 0 Å². The number of terminal acetylenes is 1. The van der Waals surface area contributed by atoms with E-state index in [2.05, 4.69) is 18.2 Å². The molecule has 0 rings (SSSR count). The highest BCUT2D eigenvalue weighted by molar-refractivity contribution is 4.86. The lowest BCUT2D eigenvalue weighted by Crippen LogP contribution is -2.14. The zero-order valence-electron chi connectivity index (χ0n) is 7.41. The Morgan fingerprint density at radius 2 is 2.00 bits per heavy atom. The second kappa shape index (κ2) is 15.8. The van der Waals surface area contributed by atoms with Crippen LogP contribution < -0.4 is 5.32 Å². The van der Waals surface area contributed by atoms with Crippen molar-refractivity contribution in [2.75, 3.05) is 13.1 Å². The van der Waals surface area contributed by atoms with Crippen molar-refractivity contribution in [3.63, 3.8) is 0 Å². The lowest BCUT2D eigenvalue weighted by atomic mass is 10.3. The van der Waals surface area contributed by atoms with Gasteiger partial charge in [0.1, 0.15) is 0 Å². The predicted octanol–water partition coefficient (Wildman–Crippen LogP) is 2.04. The van der Waals surface area contributed by atoms with Crippen LogP contribution in [0.5, 0.6) is 0 Å². The highest BCUT2D eigenvalue weighted by atomic mass is 14.8. The van der Waals surface area contributed by atoms with E-state index in [1.165, 1.54) is 12.8 Å². The Morgan fingerprint density at radius 1 is 1.40 bits per heavy atom. The van der Waals surface area contributed by atoms with Gasteiger partial charge in [0.15, 0.2) is 0 Å². The maximum Gasteiger partial charge on any atom is 0.0573 e. The number of unbranched alkanes of at least 4 members (excludes halogenated alkanes) is 1. The van der Waals surface area contributed by atoms with E-state index in [1.807, 2.05) is 13.8 Å². The molecule has 0 atom stereocenters. The van der Waals surface area contributed by atoms with E-state index >= 15 is 0 Å². The third-order valence-corrected chi connectivity index (χ3v) is 0.934. The van der Waals surface area contributed by atoms with E-state index in [4.69, 9.17) is 6.42 Å². The summed E-state index contributed by atoms with van der Waals surface area (Å²) in [6.07, 6.45) is 7.46. The first kappa shape index (κ1) is 12.2. The summed E-state index contributed by atoms with van der Waals surface area (Å²) < 4.78 is 0. The average molecular weight is 141 g/mol. The third kappa shape index (κ3) is 15.6. The van der Waals surface area contributed by atoms with Crippen LogP contribution in [-0.4, -0.2) is 13.1 Å². The van der Waals surface area contributed by atoms with Gasteiger partial charge in [-0.1, -0.05) is 33.1 Å². The van der Waals surface area contributed by atoms with Crippen molar-refractivity contribution < 1.29 is 0 Å². The van der Waals surface area contributed by atoms with Gasteiger partial charge in [-0.3, -0.25) is 0 Å². The van der Waals surface area contributed by atoms with Crippen LogP contribution in [0.15, 0.2) is 0 Å². The molecule has 0 aliphatic rings. The summed E-state index contributed by atoms with van der Waals surface area (Å²) in [4.78, 5) is 0. The van der Waals surface area contributed by atoms with Crippen molar-refractivity contribution in [1.82, 2.24) is 5.32 Å². The molecule has 0 aromatic carbocycles. The van der Waals surface area contributed by atoms with Crippen molar-refractivity contribution in [3.8, 4) is 12.3 Å². The van der Waals surface area contributed by atoms with Gasteiger partial charge in [-0.05, 0) is 13.0 Å². The minimum absolute atomic E-state index is 0.708. The second-order valence-corrected chi connectivity index (χ2v) is 1.73. The molecular formula is C9H19N. The van der Waals surface area contributed by atoms with Crippen molar-refractivity contribution in [2.45, 2.75) is 33.6 Å². The van der Waals surface area contributed by atoms with E-state index < -0.39 is 0 Å². The van der Waals surface area contributed by atoms with Crippen LogP contribution in [0.1, 0.15) is 33.6 Å². The first-order chi connectivity index (χ1) is 4.91. The van der Waals surface area contributed by atoms with Gasteiger partial charge in [0, 0.05) is 0 Å². The zero-order chi connectivity index (χ0) is 8.24. The summed E-state index contributed by atoms with van der Waals surface area (Å²) in [6, 6.07) is 0. The van der Waals surface area contributed by atoms with Gasteiger partial charge in [-0.2, -0.15) is 0 Å². The third-order valence-electron chi connectivity index (χ3n) is 0.934. The smallest absolute Gasteiger partial charge is 0.0573 e. The molecule has 0 spiro atoms.